The fraction of sp³-hybridized carbons (Fsp3) is 0.250. The smallest absolute Gasteiger partial charge is 0.340 e. The maximum Gasteiger partial charge on any atom is 0.340 e. The van der Waals surface area contributed by atoms with Crippen LogP contribution >= 0.6 is 0 Å². The molecule has 142 valence electrons. The van der Waals surface area contributed by atoms with Gasteiger partial charge >= 0.3 is 5.97 Å². The first-order valence-electron chi connectivity index (χ1n) is 9.05. The van der Waals surface area contributed by atoms with E-state index < -0.39 is 12.1 Å². The number of fused-ring (bicyclic) bond motifs is 1. The van der Waals surface area contributed by atoms with E-state index in [0.29, 0.717) is 12.4 Å². The number of ether oxygens (including phenoxy) is 1. The molecule has 1 amide bonds. The Balaban J connectivity index is 1.44. The molecule has 3 heterocycles. The van der Waals surface area contributed by atoms with Crippen molar-refractivity contribution < 1.29 is 14.3 Å². The monoisotopic (exact) mass is 377 g/mol. The molecule has 0 spiro atoms. The Bertz CT molecular complexity index is 985. The normalized spacial score (nSPS) is 14.2. The molecule has 0 radical (unpaired) electrons. The van der Waals surface area contributed by atoms with Gasteiger partial charge in [-0.15, -0.1) is 0 Å². The molecule has 0 saturated heterocycles. The highest BCUT2D eigenvalue weighted by Gasteiger charge is 2.28. The fourth-order valence-corrected chi connectivity index (χ4v) is 3.23. The van der Waals surface area contributed by atoms with Crippen LogP contribution in [0.25, 0.3) is 5.82 Å². The molecule has 2 aromatic heterocycles. The second-order valence-corrected chi connectivity index (χ2v) is 6.51. The van der Waals surface area contributed by atoms with Crippen molar-refractivity contribution in [1.29, 1.82) is 0 Å². The summed E-state index contributed by atoms with van der Waals surface area (Å²) in [5.74, 6) is -0.292. The van der Waals surface area contributed by atoms with E-state index in [2.05, 4.69) is 15.1 Å². The summed E-state index contributed by atoms with van der Waals surface area (Å²) in [6.07, 6.45) is 5.24. The molecule has 0 fully saturated rings. The van der Waals surface area contributed by atoms with Gasteiger partial charge in [-0.2, -0.15) is 5.10 Å². The Labute approximate surface area is 161 Å². The Morgan fingerprint density at radius 3 is 2.79 bits per heavy atom. The summed E-state index contributed by atoms with van der Waals surface area (Å²) in [7, 11) is 0. The lowest BCUT2D eigenvalue weighted by molar-refractivity contribution is -0.126. The van der Waals surface area contributed by atoms with Crippen molar-refractivity contribution in [3.05, 3.63) is 66.4 Å². The number of aryl methyl sites for hydroxylation is 1. The van der Waals surface area contributed by atoms with Gasteiger partial charge in [0, 0.05) is 18.4 Å². The average molecular weight is 377 g/mol. The SMILES string of the molecule is C[C@H](OC(=O)c1ccc(-n2cncn2)nc1)C(=O)N1CCCc2ccccc21. The number of nitrogens with zero attached hydrogens (tertiary/aromatic N) is 5. The lowest BCUT2D eigenvalue weighted by Crippen LogP contribution is -2.42. The number of aromatic nitrogens is 4. The molecule has 0 saturated carbocycles. The van der Waals surface area contributed by atoms with Crippen LogP contribution in [0.1, 0.15) is 29.3 Å². The van der Waals surface area contributed by atoms with Crippen LogP contribution < -0.4 is 4.90 Å². The molecule has 1 aliphatic rings. The first-order chi connectivity index (χ1) is 13.6. The van der Waals surface area contributed by atoms with Gasteiger partial charge in [-0.05, 0) is 43.5 Å². The number of pyridine rings is 1. The van der Waals surface area contributed by atoms with Gasteiger partial charge in [0.2, 0.25) is 0 Å². The molecule has 0 aliphatic carbocycles. The first-order valence-corrected chi connectivity index (χ1v) is 9.05. The summed E-state index contributed by atoms with van der Waals surface area (Å²) < 4.78 is 6.87. The molecule has 1 atom stereocenters. The van der Waals surface area contributed by atoms with Crippen molar-refractivity contribution in [3.8, 4) is 5.82 Å². The zero-order chi connectivity index (χ0) is 19.5. The predicted octanol–water partition coefficient (Wildman–Crippen LogP) is 2.19. The number of esters is 1. The molecular weight excluding hydrogens is 358 g/mol. The van der Waals surface area contributed by atoms with Gasteiger partial charge in [0.1, 0.15) is 12.7 Å². The number of amides is 1. The van der Waals surface area contributed by atoms with E-state index in [1.165, 1.54) is 23.5 Å². The fourth-order valence-electron chi connectivity index (χ4n) is 3.23. The third kappa shape index (κ3) is 3.48. The lowest BCUT2D eigenvalue weighted by Gasteiger charge is -2.31. The predicted molar refractivity (Wildman–Crippen MR) is 101 cm³/mol. The van der Waals surface area contributed by atoms with Crippen molar-refractivity contribution >= 4 is 17.6 Å². The minimum atomic E-state index is -0.895. The highest BCUT2D eigenvalue weighted by atomic mass is 16.5. The van der Waals surface area contributed by atoms with Gasteiger partial charge in [0.05, 0.1) is 5.56 Å². The Hall–Kier alpha value is -3.55. The van der Waals surface area contributed by atoms with Gasteiger partial charge in [-0.1, -0.05) is 18.2 Å². The first kappa shape index (κ1) is 17.8. The maximum atomic E-state index is 12.9. The molecular formula is C20H19N5O3. The Morgan fingerprint density at radius 2 is 2.04 bits per heavy atom. The van der Waals surface area contributed by atoms with Crippen LogP contribution in [0, 0.1) is 0 Å². The topological polar surface area (TPSA) is 90.2 Å². The van der Waals surface area contributed by atoms with Crippen molar-refractivity contribution in [3.63, 3.8) is 0 Å². The summed E-state index contributed by atoms with van der Waals surface area (Å²) in [6.45, 7) is 2.21. The number of carbonyl (C=O) groups is 2. The Morgan fingerprint density at radius 1 is 1.18 bits per heavy atom. The zero-order valence-corrected chi connectivity index (χ0v) is 15.4. The highest BCUT2D eigenvalue weighted by Crippen LogP contribution is 2.27. The van der Waals surface area contributed by atoms with Crippen LogP contribution in [0.4, 0.5) is 5.69 Å². The van der Waals surface area contributed by atoms with E-state index in [1.807, 2.05) is 24.3 Å². The molecule has 0 N–H and O–H groups in total. The average Bonchev–Trinajstić information content (AvgIpc) is 3.28. The van der Waals surface area contributed by atoms with Crippen LogP contribution in [0.2, 0.25) is 0 Å². The van der Waals surface area contributed by atoms with E-state index in [9.17, 15) is 9.59 Å². The number of carbonyl (C=O) groups excluding carboxylic acids is 2. The third-order valence-electron chi connectivity index (χ3n) is 4.64. The largest absolute Gasteiger partial charge is 0.449 e. The lowest BCUT2D eigenvalue weighted by atomic mass is 10.0. The van der Waals surface area contributed by atoms with Crippen LogP contribution in [-0.2, 0) is 16.0 Å². The van der Waals surface area contributed by atoms with Crippen LogP contribution in [-0.4, -0.2) is 44.3 Å². The number of hydrogen-bond acceptors (Lipinski definition) is 6. The van der Waals surface area contributed by atoms with Gasteiger partial charge in [-0.25, -0.2) is 19.4 Å². The van der Waals surface area contributed by atoms with Gasteiger partial charge in [0.15, 0.2) is 11.9 Å². The van der Waals surface area contributed by atoms with E-state index in [-0.39, 0.29) is 11.5 Å². The van der Waals surface area contributed by atoms with Crippen LogP contribution in [0.3, 0.4) is 0 Å². The summed E-state index contributed by atoms with van der Waals surface area (Å²) in [5.41, 5.74) is 2.29. The molecule has 28 heavy (non-hydrogen) atoms. The van der Waals surface area contributed by atoms with Crippen molar-refractivity contribution in [1.82, 2.24) is 19.7 Å². The molecule has 0 bridgehead atoms. The minimum Gasteiger partial charge on any atom is -0.449 e. The molecule has 1 aliphatic heterocycles. The zero-order valence-electron chi connectivity index (χ0n) is 15.4. The number of para-hydroxylation sites is 1. The van der Waals surface area contributed by atoms with E-state index in [1.54, 1.807) is 24.0 Å². The molecule has 1 aromatic carbocycles. The van der Waals surface area contributed by atoms with E-state index in [0.717, 1.165) is 24.1 Å². The molecule has 8 nitrogen and oxygen atoms in total. The number of benzene rings is 1. The molecule has 0 unspecified atom stereocenters. The second kappa shape index (κ2) is 7.59. The number of hydrogen-bond donors (Lipinski definition) is 0. The summed E-state index contributed by atoms with van der Waals surface area (Å²) >= 11 is 0. The van der Waals surface area contributed by atoms with Gasteiger partial charge in [0.25, 0.3) is 5.91 Å². The summed E-state index contributed by atoms with van der Waals surface area (Å²) in [4.78, 5) is 35.0. The number of rotatable bonds is 4. The van der Waals surface area contributed by atoms with Gasteiger partial charge in [-0.3, -0.25) is 4.79 Å². The van der Waals surface area contributed by atoms with Crippen molar-refractivity contribution in [2.75, 3.05) is 11.4 Å². The second-order valence-electron chi connectivity index (χ2n) is 6.51. The summed E-state index contributed by atoms with van der Waals surface area (Å²) in [6, 6.07) is 11.0. The van der Waals surface area contributed by atoms with Crippen molar-refractivity contribution in [2.24, 2.45) is 0 Å². The Kier molecular flexibility index (Phi) is 4.84. The van der Waals surface area contributed by atoms with E-state index in [4.69, 9.17) is 4.74 Å². The quantitative estimate of drug-likeness (QED) is 0.648. The minimum absolute atomic E-state index is 0.229. The van der Waals surface area contributed by atoms with Crippen molar-refractivity contribution in [2.45, 2.75) is 25.9 Å². The number of anilines is 1. The van der Waals surface area contributed by atoms with E-state index >= 15 is 0 Å². The third-order valence-corrected chi connectivity index (χ3v) is 4.64. The maximum absolute atomic E-state index is 12.9. The van der Waals surface area contributed by atoms with Crippen LogP contribution in [0.5, 0.6) is 0 Å². The standard InChI is InChI=1S/C20H19N5O3/c1-14(19(26)24-10-4-6-15-5-2-3-7-17(15)24)28-20(27)16-8-9-18(22-11-16)25-13-21-12-23-25/h2-3,5,7-9,11-14H,4,6,10H2,1H3/t14-/m0/s1. The summed E-state index contributed by atoms with van der Waals surface area (Å²) in [5, 5.41) is 3.98. The van der Waals surface area contributed by atoms with Crippen LogP contribution in [0.15, 0.2) is 55.2 Å². The van der Waals surface area contributed by atoms with Gasteiger partial charge < -0.3 is 9.64 Å². The molecule has 8 heteroatoms. The highest BCUT2D eigenvalue weighted by molar-refractivity contribution is 5.99. The molecule has 4 rings (SSSR count). The molecule has 3 aromatic rings.